The van der Waals surface area contributed by atoms with E-state index in [-0.39, 0.29) is 17.5 Å². The molecule has 0 aliphatic carbocycles. The summed E-state index contributed by atoms with van der Waals surface area (Å²) in [5.41, 5.74) is 6.29. The lowest BCUT2D eigenvalue weighted by molar-refractivity contribution is -0.125. The number of carbonyl (C=O) groups excluding carboxylic acids is 4. The molecule has 7 nitrogen and oxygen atoms in total. The Morgan fingerprint density at radius 3 is 2.42 bits per heavy atom. The van der Waals surface area contributed by atoms with Gasteiger partial charge in [0.15, 0.2) is 0 Å². The predicted octanol–water partition coefficient (Wildman–Crippen LogP) is -0.720. The highest BCUT2D eigenvalue weighted by atomic mass is 16.2. The van der Waals surface area contributed by atoms with Gasteiger partial charge >= 0.3 is 0 Å². The second-order valence-corrected chi connectivity index (χ2v) is 4.42. The van der Waals surface area contributed by atoms with Crippen LogP contribution in [-0.2, 0) is 9.59 Å². The first-order valence-electron chi connectivity index (χ1n) is 5.60. The molecule has 7 heteroatoms. The maximum Gasteiger partial charge on any atom is 0.262 e. The van der Waals surface area contributed by atoms with Crippen LogP contribution >= 0.6 is 0 Å². The Morgan fingerprint density at radius 1 is 1.11 bits per heavy atom. The molecule has 2 aliphatic rings. The maximum absolute atomic E-state index is 12.2. The maximum atomic E-state index is 12.2. The van der Waals surface area contributed by atoms with Gasteiger partial charge in [0.05, 0.1) is 17.5 Å². The van der Waals surface area contributed by atoms with Crippen LogP contribution in [0.1, 0.15) is 27.1 Å². The number of nitrogens with one attached hydrogen (secondary N) is 1. The van der Waals surface area contributed by atoms with Gasteiger partial charge in [0.2, 0.25) is 11.8 Å². The van der Waals surface area contributed by atoms with Crippen molar-refractivity contribution in [2.45, 2.75) is 12.5 Å². The molecule has 0 unspecified atom stereocenters. The Kier molecular flexibility index (Phi) is 2.19. The van der Waals surface area contributed by atoms with E-state index in [0.29, 0.717) is 5.69 Å². The molecule has 1 aromatic carbocycles. The number of carbonyl (C=O) groups is 4. The Hall–Kier alpha value is -2.70. The summed E-state index contributed by atoms with van der Waals surface area (Å²) in [6.07, 6.45) is -0.195. The highest BCUT2D eigenvalue weighted by Crippen LogP contribution is 2.28. The van der Waals surface area contributed by atoms with E-state index in [0.717, 1.165) is 4.90 Å². The lowest BCUT2D eigenvalue weighted by Crippen LogP contribution is -2.44. The second-order valence-electron chi connectivity index (χ2n) is 4.42. The normalized spacial score (nSPS) is 21.9. The van der Waals surface area contributed by atoms with E-state index in [9.17, 15) is 19.2 Å². The third kappa shape index (κ3) is 1.51. The van der Waals surface area contributed by atoms with Gasteiger partial charge in [0.1, 0.15) is 6.04 Å². The smallest absolute Gasteiger partial charge is 0.262 e. The fourth-order valence-corrected chi connectivity index (χ4v) is 2.31. The molecule has 0 bridgehead atoms. The Balaban J connectivity index is 2.03. The molecule has 0 spiro atoms. The number of fused-ring (bicyclic) bond motifs is 1. The number of rotatable bonds is 1. The lowest BCUT2D eigenvalue weighted by atomic mass is 10.1. The van der Waals surface area contributed by atoms with E-state index in [2.05, 4.69) is 5.32 Å². The number of hydrogen-bond acceptors (Lipinski definition) is 5. The summed E-state index contributed by atoms with van der Waals surface area (Å²) in [6.45, 7) is 0. The zero-order valence-corrected chi connectivity index (χ0v) is 9.67. The molecule has 4 amide bonds. The largest absolute Gasteiger partial charge is 0.399 e. The molecule has 96 valence electrons. The van der Waals surface area contributed by atoms with Crippen molar-refractivity contribution in [3.63, 3.8) is 0 Å². The van der Waals surface area contributed by atoms with Crippen LogP contribution in [0.2, 0.25) is 0 Å². The van der Waals surface area contributed by atoms with Crippen LogP contribution in [0.15, 0.2) is 18.2 Å². The highest BCUT2D eigenvalue weighted by Gasteiger charge is 2.46. The zero-order valence-electron chi connectivity index (χ0n) is 9.67. The average molecular weight is 259 g/mol. The standard InChI is InChI=1S/C12H9N3O4/c13-5-1-2-6-7(3-5)12(19)15(11(6)18)8-4-9(16)14-10(8)17/h1-3,8H,4,13H2,(H,14,16,17)/t8-/m0/s1. The van der Waals surface area contributed by atoms with E-state index in [1.54, 1.807) is 0 Å². The molecule has 3 rings (SSSR count). The molecule has 3 N–H and O–H groups in total. The van der Waals surface area contributed by atoms with Crippen LogP contribution < -0.4 is 11.1 Å². The van der Waals surface area contributed by atoms with Gasteiger partial charge in [-0.1, -0.05) is 0 Å². The quantitative estimate of drug-likeness (QED) is 0.511. The molecule has 1 aromatic rings. The molecule has 1 fully saturated rings. The number of nitrogens with zero attached hydrogens (tertiary/aromatic N) is 1. The summed E-state index contributed by atoms with van der Waals surface area (Å²) in [6, 6.07) is 3.28. The Bertz CT molecular complexity index is 652. The molecule has 0 aromatic heterocycles. The van der Waals surface area contributed by atoms with Gasteiger partial charge in [0.25, 0.3) is 11.8 Å². The van der Waals surface area contributed by atoms with Crippen LogP contribution in [0.3, 0.4) is 0 Å². The van der Waals surface area contributed by atoms with Crippen molar-refractivity contribution in [3.05, 3.63) is 29.3 Å². The van der Waals surface area contributed by atoms with Crippen molar-refractivity contribution in [3.8, 4) is 0 Å². The van der Waals surface area contributed by atoms with E-state index in [4.69, 9.17) is 5.73 Å². The number of nitrogen functional groups attached to an aromatic ring is 1. The van der Waals surface area contributed by atoms with Gasteiger partial charge < -0.3 is 5.73 Å². The van der Waals surface area contributed by atoms with Crippen LogP contribution in [0.5, 0.6) is 0 Å². The predicted molar refractivity (Wildman–Crippen MR) is 62.9 cm³/mol. The molecule has 1 saturated heterocycles. The highest BCUT2D eigenvalue weighted by molar-refractivity contribution is 6.24. The van der Waals surface area contributed by atoms with Crippen LogP contribution in [0.25, 0.3) is 0 Å². The number of benzene rings is 1. The number of hydrogen-bond donors (Lipinski definition) is 2. The first kappa shape index (κ1) is 11.4. The third-order valence-corrected chi connectivity index (χ3v) is 3.20. The molecule has 0 saturated carbocycles. The Labute approximate surface area is 107 Å². The molecule has 2 heterocycles. The van der Waals surface area contributed by atoms with Crippen molar-refractivity contribution in [1.82, 2.24) is 10.2 Å². The molecule has 19 heavy (non-hydrogen) atoms. The number of nitrogens with two attached hydrogens (primary N) is 1. The monoisotopic (exact) mass is 259 g/mol. The second kappa shape index (κ2) is 3.64. The third-order valence-electron chi connectivity index (χ3n) is 3.20. The van der Waals surface area contributed by atoms with Crippen molar-refractivity contribution in [2.24, 2.45) is 0 Å². The molecule has 1 atom stereocenters. The first-order chi connectivity index (χ1) is 8.99. The summed E-state index contributed by atoms with van der Waals surface area (Å²) in [4.78, 5) is 47.8. The molecular weight excluding hydrogens is 250 g/mol. The lowest BCUT2D eigenvalue weighted by Gasteiger charge is -2.18. The average Bonchev–Trinajstić information content (AvgIpc) is 2.78. The summed E-state index contributed by atoms with van der Waals surface area (Å²) in [5, 5.41) is 2.07. The minimum absolute atomic E-state index is 0.164. The fraction of sp³-hybridized carbons (Fsp3) is 0.167. The van der Waals surface area contributed by atoms with Crippen LogP contribution in [-0.4, -0.2) is 34.6 Å². The van der Waals surface area contributed by atoms with Gasteiger partial charge in [-0.3, -0.25) is 29.4 Å². The van der Waals surface area contributed by atoms with Gasteiger partial charge in [-0.05, 0) is 18.2 Å². The Morgan fingerprint density at radius 2 is 1.79 bits per heavy atom. The minimum Gasteiger partial charge on any atom is -0.399 e. The molecule has 0 radical (unpaired) electrons. The van der Waals surface area contributed by atoms with Crippen molar-refractivity contribution >= 4 is 29.3 Å². The molecule has 2 aliphatic heterocycles. The summed E-state index contributed by atoms with van der Waals surface area (Å²) in [7, 11) is 0. The van der Waals surface area contributed by atoms with Gasteiger partial charge in [0, 0.05) is 5.69 Å². The van der Waals surface area contributed by atoms with Gasteiger partial charge in [-0.15, -0.1) is 0 Å². The van der Waals surface area contributed by atoms with E-state index < -0.39 is 29.7 Å². The SMILES string of the molecule is Nc1ccc2c(c1)C(=O)N([C@H]1CC(=O)NC1=O)C2=O. The fourth-order valence-electron chi connectivity index (χ4n) is 2.31. The van der Waals surface area contributed by atoms with Gasteiger partial charge in [-0.25, -0.2) is 0 Å². The zero-order chi connectivity index (χ0) is 13.7. The number of amides is 4. The topological polar surface area (TPSA) is 110 Å². The summed E-state index contributed by atoms with van der Waals surface area (Å²) >= 11 is 0. The van der Waals surface area contributed by atoms with Crippen LogP contribution in [0.4, 0.5) is 5.69 Å². The summed E-state index contributed by atoms with van der Waals surface area (Å²) in [5.74, 6) is -2.30. The van der Waals surface area contributed by atoms with E-state index >= 15 is 0 Å². The van der Waals surface area contributed by atoms with E-state index in [1.165, 1.54) is 18.2 Å². The van der Waals surface area contributed by atoms with Crippen LogP contribution in [0, 0.1) is 0 Å². The first-order valence-corrected chi connectivity index (χ1v) is 5.60. The number of imide groups is 2. The van der Waals surface area contributed by atoms with Crippen molar-refractivity contribution in [1.29, 1.82) is 0 Å². The van der Waals surface area contributed by atoms with Crippen molar-refractivity contribution < 1.29 is 19.2 Å². The van der Waals surface area contributed by atoms with Gasteiger partial charge in [-0.2, -0.15) is 0 Å². The minimum atomic E-state index is -1.07. The summed E-state index contributed by atoms with van der Waals surface area (Å²) < 4.78 is 0. The number of anilines is 1. The van der Waals surface area contributed by atoms with Crippen molar-refractivity contribution in [2.75, 3.05) is 5.73 Å². The molecular formula is C12H9N3O4. The van der Waals surface area contributed by atoms with E-state index in [1.807, 2.05) is 0 Å².